The maximum Gasteiger partial charge on any atom is 0.314 e. The molecule has 3 fully saturated rings. The van der Waals surface area contributed by atoms with E-state index in [4.69, 9.17) is 49.5 Å². The molecule has 15 nitrogen and oxygen atoms in total. The molecule has 1 heterocycles. The molecular weight excluding hydrogens is 968 g/mol. The first-order valence-electron chi connectivity index (χ1n) is 24.4. The van der Waals surface area contributed by atoms with E-state index < -0.39 is 11.9 Å². The molecule has 7 rings (SSSR count). The molecule has 0 unspecified atom stereocenters. The molecule has 3 aliphatic carbocycles. The van der Waals surface area contributed by atoms with Crippen LogP contribution in [-0.4, -0.2) is 75.6 Å². The van der Waals surface area contributed by atoms with Crippen LogP contribution in [0.5, 0.6) is 28.7 Å². The predicted octanol–water partition coefficient (Wildman–Crippen LogP) is 10.0. The SMILES string of the molecule is COCCOC(=O)C1CCC(C(=O)Oc2ccc(OC(=O)C3CCC(C(=O)OCCc4ccc(OC(=O)C5CCC(C(=O)Oc6ccc(OC)cc6/C=C/C(=O)c6ccc(Cl)s6)CC5)cc4)CC3)cc2)CC1. The van der Waals surface area contributed by atoms with Gasteiger partial charge >= 0.3 is 35.8 Å². The zero-order valence-corrected chi connectivity index (χ0v) is 41.9. The number of carbonyl (C=O) groups is 7. The molecule has 0 amide bonds. The van der Waals surface area contributed by atoms with Gasteiger partial charge in [0.15, 0.2) is 5.78 Å². The highest BCUT2D eigenvalue weighted by Gasteiger charge is 2.35. The molecular formula is C55H59ClO15S. The quantitative estimate of drug-likeness (QED) is 0.0267. The first kappa shape index (κ1) is 53.4. The van der Waals surface area contributed by atoms with Crippen LogP contribution >= 0.6 is 22.9 Å². The highest BCUT2D eigenvalue weighted by Crippen LogP contribution is 2.35. The minimum absolute atomic E-state index is 0.172. The number of hydrogen-bond donors (Lipinski definition) is 0. The van der Waals surface area contributed by atoms with Crippen molar-refractivity contribution in [2.45, 2.75) is 83.5 Å². The normalized spacial score (nSPS) is 20.9. The molecule has 4 aromatic rings. The first-order valence-corrected chi connectivity index (χ1v) is 25.6. The van der Waals surface area contributed by atoms with Crippen molar-refractivity contribution >= 4 is 70.6 Å². The standard InChI is InChI=1S/C55H59ClO15S/c1-64-31-32-67-51(59)36-7-11-38(12-8-36)54(62)70-44-22-20-43(21-23-44)69-53(61)37-9-5-35(6-10-37)50(58)66-30-29-34-3-18-42(19-4-34)68-52(60)39-13-15-40(16-14-39)55(63)71-47-26-24-45(65-2)33-41(47)17-25-46(57)48-27-28-49(56)72-48/h3-4,17-28,33,35-40H,5-16,29-32H2,1-2H3/b25-17+. The lowest BCUT2D eigenvalue weighted by Gasteiger charge is -2.26. The minimum atomic E-state index is -0.416. The zero-order valence-electron chi connectivity index (χ0n) is 40.3. The van der Waals surface area contributed by atoms with Crippen LogP contribution in [0.2, 0.25) is 4.34 Å². The van der Waals surface area contributed by atoms with Gasteiger partial charge in [-0.05, 0) is 161 Å². The fourth-order valence-electron chi connectivity index (χ4n) is 9.09. The molecule has 17 heteroatoms. The summed E-state index contributed by atoms with van der Waals surface area (Å²) in [5.41, 5.74) is 1.39. The van der Waals surface area contributed by atoms with Gasteiger partial charge < -0.3 is 37.9 Å². The van der Waals surface area contributed by atoms with Gasteiger partial charge in [-0.15, -0.1) is 11.3 Å². The Hall–Kier alpha value is -6.36. The van der Waals surface area contributed by atoms with Crippen LogP contribution in [0, 0.1) is 35.5 Å². The van der Waals surface area contributed by atoms with Gasteiger partial charge in [0.2, 0.25) is 0 Å². The lowest BCUT2D eigenvalue weighted by atomic mass is 9.82. The number of esters is 6. The Labute approximate surface area is 427 Å². The molecule has 0 atom stereocenters. The van der Waals surface area contributed by atoms with E-state index in [1.807, 2.05) is 12.1 Å². The third-order valence-corrected chi connectivity index (χ3v) is 14.7. The summed E-state index contributed by atoms with van der Waals surface area (Å²) in [5, 5.41) is 0. The number of benzene rings is 3. The van der Waals surface area contributed by atoms with E-state index in [1.54, 1.807) is 72.8 Å². The van der Waals surface area contributed by atoms with Gasteiger partial charge in [0.05, 0.1) is 65.0 Å². The van der Waals surface area contributed by atoms with Crippen molar-refractivity contribution in [2.75, 3.05) is 34.0 Å². The number of ketones is 1. The summed E-state index contributed by atoms with van der Waals surface area (Å²) in [6.07, 6.45) is 9.37. The van der Waals surface area contributed by atoms with Crippen molar-refractivity contribution in [3.8, 4) is 28.7 Å². The monoisotopic (exact) mass is 1030 g/mol. The third kappa shape index (κ3) is 15.3. The second kappa shape index (κ2) is 26.4. The molecule has 0 spiro atoms. The molecule has 0 bridgehead atoms. The number of methoxy groups -OCH3 is 2. The molecule has 382 valence electrons. The molecule has 3 saturated carbocycles. The second-order valence-corrected chi connectivity index (χ2v) is 19.9. The summed E-state index contributed by atoms with van der Waals surface area (Å²) >= 11 is 7.16. The number of allylic oxidation sites excluding steroid dienone is 1. The summed E-state index contributed by atoms with van der Waals surface area (Å²) in [6, 6.07) is 21.6. The Morgan fingerprint density at radius 2 is 0.917 bits per heavy atom. The number of rotatable bonds is 20. The molecule has 0 radical (unpaired) electrons. The largest absolute Gasteiger partial charge is 0.497 e. The van der Waals surface area contributed by atoms with Gasteiger partial charge in [-0.1, -0.05) is 23.7 Å². The van der Waals surface area contributed by atoms with Crippen molar-refractivity contribution in [3.05, 3.63) is 105 Å². The van der Waals surface area contributed by atoms with Gasteiger partial charge in [0.1, 0.15) is 35.4 Å². The molecule has 72 heavy (non-hydrogen) atoms. The molecule has 3 aromatic carbocycles. The van der Waals surface area contributed by atoms with Gasteiger partial charge in [-0.2, -0.15) is 0 Å². The van der Waals surface area contributed by atoms with E-state index in [9.17, 15) is 33.6 Å². The highest BCUT2D eigenvalue weighted by molar-refractivity contribution is 7.18. The maximum atomic E-state index is 13.3. The van der Waals surface area contributed by atoms with Gasteiger partial charge in [0, 0.05) is 19.1 Å². The fourth-order valence-corrected chi connectivity index (χ4v) is 10.0. The Kier molecular flexibility index (Phi) is 19.6. The Balaban J connectivity index is 0.759. The molecule has 0 N–H and O–H groups in total. The number of ether oxygens (including phenoxy) is 8. The lowest BCUT2D eigenvalue weighted by Crippen LogP contribution is -2.30. The van der Waals surface area contributed by atoms with Crippen molar-refractivity contribution in [3.63, 3.8) is 0 Å². The Bertz CT molecular complexity index is 2550. The molecule has 0 aliphatic heterocycles. The first-order chi connectivity index (χ1) is 34.8. The smallest absolute Gasteiger partial charge is 0.314 e. The van der Waals surface area contributed by atoms with E-state index in [0.717, 1.165) is 5.56 Å². The van der Waals surface area contributed by atoms with Crippen LogP contribution < -0.4 is 23.7 Å². The van der Waals surface area contributed by atoms with Crippen LogP contribution in [0.3, 0.4) is 0 Å². The number of hydrogen-bond acceptors (Lipinski definition) is 16. The average Bonchev–Trinajstić information content (AvgIpc) is 3.85. The van der Waals surface area contributed by atoms with E-state index in [0.29, 0.717) is 128 Å². The number of carbonyl (C=O) groups excluding carboxylic acids is 7. The van der Waals surface area contributed by atoms with Crippen molar-refractivity contribution in [2.24, 2.45) is 35.5 Å². The summed E-state index contributed by atoms with van der Waals surface area (Å²) in [6.45, 7) is 0.720. The summed E-state index contributed by atoms with van der Waals surface area (Å²) < 4.78 is 44.3. The van der Waals surface area contributed by atoms with Crippen molar-refractivity contribution in [1.29, 1.82) is 0 Å². The summed E-state index contributed by atoms with van der Waals surface area (Å²) in [5.74, 6) is -2.49. The molecule has 0 saturated heterocycles. The fraction of sp³-hybridized carbons (Fsp3) is 0.436. The average molecular weight is 1030 g/mol. The zero-order chi connectivity index (χ0) is 51.0. The summed E-state index contributed by atoms with van der Waals surface area (Å²) in [4.78, 5) is 90.5. The van der Waals surface area contributed by atoms with Crippen molar-refractivity contribution in [1.82, 2.24) is 0 Å². The van der Waals surface area contributed by atoms with Crippen LogP contribution in [-0.2, 0) is 49.4 Å². The van der Waals surface area contributed by atoms with Gasteiger partial charge in [-0.25, -0.2) is 0 Å². The predicted molar refractivity (Wildman–Crippen MR) is 265 cm³/mol. The minimum Gasteiger partial charge on any atom is -0.497 e. The topological polar surface area (TPSA) is 193 Å². The molecule has 3 aliphatic rings. The van der Waals surface area contributed by atoms with Crippen LogP contribution in [0.15, 0.2) is 84.9 Å². The van der Waals surface area contributed by atoms with Gasteiger partial charge in [0.25, 0.3) is 0 Å². The Morgan fingerprint density at radius 1 is 0.500 bits per heavy atom. The van der Waals surface area contributed by atoms with Gasteiger partial charge in [-0.3, -0.25) is 33.6 Å². The lowest BCUT2D eigenvalue weighted by molar-refractivity contribution is -0.153. The number of halogens is 1. The second-order valence-electron chi connectivity index (χ2n) is 18.2. The van der Waals surface area contributed by atoms with Crippen molar-refractivity contribution < 1.29 is 71.5 Å². The van der Waals surface area contributed by atoms with E-state index in [1.165, 1.54) is 31.6 Å². The summed E-state index contributed by atoms with van der Waals surface area (Å²) in [7, 11) is 3.06. The maximum absolute atomic E-state index is 13.3. The highest BCUT2D eigenvalue weighted by atomic mass is 35.5. The van der Waals surface area contributed by atoms with Crippen LogP contribution in [0.25, 0.3) is 6.08 Å². The van der Waals surface area contributed by atoms with Crippen LogP contribution in [0.4, 0.5) is 0 Å². The number of thiophene rings is 1. The van der Waals surface area contributed by atoms with E-state index in [-0.39, 0.29) is 84.2 Å². The Morgan fingerprint density at radius 3 is 1.35 bits per heavy atom. The van der Waals surface area contributed by atoms with E-state index >= 15 is 0 Å². The van der Waals surface area contributed by atoms with E-state index in [2.05, 4.69) is 0 Å². The molecule has 1 aromatic heterocycles. The third-order valence-electron chi connectivity index (χ3n) is 13.4. The van der Waals surface area contributed by atoms with Crippen LogP contribution in [0.1, 0.15) is 97.8 Å².